The molecule has 4 rings (SSSR count). The van der Waals surface area contributed by atoms with Gasteiger partial charge in [-0.15, -0.1) is 0 Å². The topological polar surface area (TPSA) is 42.3 Å². The normalized spacial score (nSPS) is 11.2. The highest BCUT2D eigenvalue weighted by atomic mass is 79.9. The highest BCUT2D eigenvalue weighted by Gasteiger charge is 2.15. The number of halogens is 1. The molecule has 4 aromatic rings. The lowest BCUT2D eigenvalue weighted by Crippen LogP contribution is -2.27. The molecular formula is C26H23BrN2O2S. The minimum absolute atomic E-state index is 0.293. The van der Waals surface area contributed by atoms with Crippen LogP contribution in [0.2, 0.25) is 0 Å². The van der Waals surface area contributed by atoms with Gasteiger partial charge in [-0.25, -0.2) is 12.7 Å². The molecule has 6 heteroatoms. The van der Waals surface area contributed by atoms with Gasteiger partial charge in [0.05, 0.1) is 6.26 Å². The van der Waals surface area contributed by atoms with Gasteiger partial charge in [-0.05, 0) is 53.8 Å². The maximum Gasteiger partial charge on any atom is 0.238 e. The fraction of sp³-hybridized carbons (Fsp3) is 0.154. The monoisotopic (exact) mass is 506 g/mol. The average molecular weight is 507 g/mol. The molecule has 0 bridgehead atoms. The van der Waals surface area contributed by atoms with Crippen LogP contribution in [0.3, 0.4) is 0 Å². The molecule has 4 nitrogen and oxygen atoms in total. The first-order valence-electron chi connectivity index (χ1n) is 10.3. The Hall–Kier alpha value is -3.01. The van der Waals surface area contributed by atoms with E-state index in [1.807, 2.05) is 54.6 Å². The number of aromatic nitrogens is 1. The van der Waals surface area contributed by atoms with Crippen LogP contribution in [0.25, 0.3) is 10.9 Å². The van der Waals surface area contributed by atoms with Gasteiger partial charge in [0.2, 0.25) is 10.0 Å². The van der Waals surface area contributed by atoms with Crippen molar-refractivity contribution in [3.63, 3.8) is 0 Å². The maximum absolute atomic E-state index is 12.3. The van der Waals surface area contributed by atoms with Crippen molar-refractivity contribution >= 4 is 36.9 Å². The third kappa shape index (κ3) is 5.42. The molecule has 32 heavy (non-hydrogen) atoms. The first kappa shape index (κ1) is 22.2. The summed E-state index contributed by atoms with van der Waals surface area (Å²) in [5.74, 6) is 2.96. The van der Waals surface area contributed by atoms with Crippen LogP contribution in [-0.4, -0.2) is 30.1 Å². The molecule has 0 aliphatic rings. The van der Waals surface area contributed by atoms with Crippen LogP contribution < -0.4 is 0 Å². The largest absolute Gasteiger partial charge is 0.343 e. The number of benzene rings is 3. The summed E-state index contributed by atoms with van der Waals surface area (Å²) in [6.45, 7) is 1.06. The zero-order chi connectivity index (χ0) is 22.6. The summed E-state index contributed by atoms with van der Waals surface area (Å²) in [6, 6.07) is 28.9. The standard InChI is InChI=1S/C26H23BrN2O2S/c1-32(30,31)29(17-15-21-11-13-24(27)14-12-21)18-16-23-20-28(19-22-7-3-2-4-8-22)26-10-6-5-9-25(23)26/h2-14,20H,16,18-19H2,1H3. The predicted octanol–water partition coefficient (Wildman–Crippen LogP) is 5.27. The van der Waals surface area contributed by atoms with Crippen LogP contribution in [-0.2, 0) is 23.0 Å². The van der Waals surface area contributed by atoms with Crippen molar-refractivity contribution in [3.05, 3.63) is 106 Å². The quantitative estimate of drug-likeness (QED) is 0.264. The van der Waals surface area contributed by atoms with E-state index >= 15 is 0 Å². The Morgan fingerprint density at radius 2 is 1.62 bits per heavy atom. The van der Waals surface area contributed by atoms with Crippen LogP contribution in [0.1, 0.15) is 16.7 Å². The van der Waals surface area contributed by atoms with E-state index in [0.29, 0.717) is 13.0 Å². The molecule has 0 atom stereocenters. The molecule has 162 valence electrons. The van der Waals surface area contributed by atoms with Gasteiger partial charge in [0.1, 0.15) is 0 Å². The van der Waals surface area contributed by atoms with E-state index < -0.39 is 10.0 Å². The van der Waals surface area contributed by atoms with Gasteiger partial charge in [-0.3, -0.25) is 0 Å². The molecule has 0 amide bonds. The number of para-hydroxylation sites is 1. The van der Waals surface area contributed by atoms with Crippen LogP contribution >= 0.6 is 15.9 Å². The summed E-state index contributed by atoms with van der Waals surface area (Å²) in [7, 11) is -3.46. The lowest BCUT2D eigenvalue weighted by Gasteiger charge is -2.14. The van der Waals surface area contributed by atoms with Crippen molar-refractivity contribution in [2.24, 2.45) is 0 Å². The number of hydrogen-bond acceptors (Lipinski definition) is 2. The van der Waals surface area contributed by atoms with Crippen molar-refractivity contribution in [1.82, 2.24) is 8.87 Å². The first-order valence-corrected chi connectivity index (χ1v) is 12.9. The lowest BCUT2D eigenvalue weighted by atomic mass is 10.1. The highest BCUT2D eigenvalue weighted by Crippen LogP contribution is 2.23. The summed E-state index contributed by atoms with van der Waals surface area (Å²) >= 11 is 3.39. The maximum atomic E-state index is 12.3. The van der Waals surface area contributed by atoms with Gasteiger partial charge in [0.25, 0.3) is 0 Å². The zero-order valence-corrected chi connectivity index (χ0v) is 20.1. The molecule has 1 aromatic heterocycles. The summed E-state index contributed by atoms with van der Waals surface area (Å²) in [4.78, 5) is 0. The van der Waals surface area contributed by atoms with Crippen LogP contribution in [0, 0.1) is 12.0 Å². The Kier molecular flexibility index (Phi) is 6.69. The van der Waals surface area contributed by atoms with Gasteiger partial charge in [0.15, 0.2) is 0 Å². The third-order valence-corrected chi connectivity index (χ3v) is 6.82. The Labute approximate surface area is 197 Å². The Bertz CT molecular complexity index is 1380. The molecule has 3 aromatic carbocycles. The second-order valence-corrected chi connectivity index (χ2v) is 10.4. The number of rotatable bonds is 6. The minimum Gasteiger partial charge on any atom is -0.343 e. The second kappa shape index (κ2) is 9.64. The van der Waals surface area contributed by atoms with Crippen LogP contribution in [0.5, 0.6) is 0 Å². The van der Waals surface area contributed by atoms with Crippen LogP contribution in [0.4, 0.5) is 0 Å². The predicted molar refractivity (Wildman–Crippen MR) is 134 cm³/mol. The fourth-order valence-corrected chi connectivity index (χ4v) is 4.52. The first-order chi connectivity index (χ1) is 15.4. The molecule has 0 unspecified atom stereocenters. The zero-order valence-electron chi connectivity index (χ0n) is 17.7. The number of nitrogens with zero attached hydrogens (tertiary/aromatic N) is 2. The van der Waals surface area contributed by atoms with E-state index in [4.69, 9.17) is 0 Å². The highest BCUT2D eigenvalue weighted by molar-refractivity contribution is 9.10. The summed E-state index contributed by atoms with van der Waals surface area (Å²) in [6.07, 6.45) is 3.90. The van der Waals surface area contributed by atoms with Gasteiger partial charge in [0, 0.05) is 46.3 Å². The summed E-state index contributed by atoms with van der Waals surface area (Å²) in [5, 5.41) is 1.14. The molecule has 0 saturated heterocycles. The number of sulfonamides is 1. The van der Waals surface area contributed by atoms with Crippen molar-refractivity contribution in [3.8, 4) is 12.0 Å². The van der Waals surface area contributed by atoms with Gasteiger partial charge in [-0.2, -0.15) is 0 Å². The van der Waals surface area contributed by atoms with E-state index in [1.54, 1.807) is 0 Å². The molecule has 0 aliphatic carbocycles. The third-order valence-electron chi connectivity index (χ3n) is 5.22. The van der Waals surface area contributed by atoms with E-state index in [2.05, 4.69) is 62.9 Å². The van der Waals surface area contributed by atoms with Crippen molar-refractivity contribution < 1.29 is 8.42 Å². The van der Waals surface area contributed by atoms with E-state index in [1.165, 1.54) is 16.1 Å². The van der Waals surface area contributed by atoms with Crippen molar-refractivity contribution in [2.75, 3.05) is 12.8 Å². The van der Waals surface area contributed by atoms with Gasteiger partial charge < -0.3 is 4.57 Å². The Morgan fingerprint density at radius 3 is 2.34 bits per heavy atom. The molecular weight excluding hydrogens is 484 g/mol. The van der Waals surface area contributed by atoms with E-state index in [9.17, 15) is 8.42 Å². The van der Waals surface area contributed by atoms with Crippen molar-refractivity contribution in [1.29, 1.82) is 0 Å². The molecule has 1 heterocycles. The van der Waals surface area contributed by atoms with Gasteiger partial charge >= 0.3 is 0 Å². The summed E-state index contributed by atoms with van der Waals surface area (Å²) < 4.78 is 29.1. The van der Waals surface area contributed by atoms with Gasteiger partial charge in [-0.1, -0.05) is 64.5 Å². The smallest absolute Gasteiger partial charge is 0.238 e. The molecule has 0 fully saturated rings. The molecule has 0 saturated carbocycles. The Balaban J connectivity index is 1.58. The lowest BCUT2D eigenvalue weighted by molar-refractivity contribution is 0.518. The molecule has 0 N–H and O–H groups in total. The minimum atomic E-state index is -3.46. The van der Waals surface area contributed by atoms with E-state index in [0.717, 1.165) is 33.0 Å². The second-order valence-electron chi connectivity index (χ2n) is 7.61. The summed E-state index contributed by atoms with van der Waals surface area (Å²) in [5.41, 5.74) is 4.23. The van der Waals surface area contributed by atoms with E-state index in [-0.39, 0.29) is 0 Å². The van der Waals surface area contributed by atoms with Crippen molar-refractivity contribution in [2.45, 2.75) is 13.0 Å². The Morgan fingerprint density at radius 1 is 0.938 bits per heavy atom. The average Bonchev–Trinajstić information content (AvgIpc) is 3.12. The molecule has 0 spiro atoms. The number of hydrogen-bond donors (Lipinski definition) is 0. The van der Waals surface area contributed by atoms with Crippen LogP contribution in [0.15, 0.2) is 89.5 Å². The SMILES string of the molecule is CS(=O)(=O)N(C#Cc1ccc(Br)cc1)CCc1cn(Cc2ccccc2)c2ccccc12. The molecule has 0 aliphatic heterocycles. The fourth-order valence-electron chi connectivity index (χ4n) is 3.62. The molecule has 0 radical (unpaired) electrons. The number of fused-ring (bicyclic) bond motifs is 1.